The highest BCUT2D eigenvalue weighted by atomic mass is 32.2. The Morgan fingerprint density at radius 2 is 1.69 bits per heavy atom. The lowest BCUT2D eigenvalue weighted by Gasteiger charge is -2.41. The Balaban J connectivity index is 1.12. The lowest BCUT2D eigenvalue weighted by molar-refractivity contribution is -0.294. The Morgan fingerprint density at radius 1 is 1.02 bits per heavy atom. The molecule has 0 radical (unpaired) electrons. The van der Waals surface area contributed by atoms with E-state index in [0.29, 0.717) is 78.8 Å². The van der Waals surface area contributed by atoms with Gasteiger partial charge in [0.15, 0.2) is 16.1 Å². The van der Waals surface area contributed by atoms with Crippen molar-refractivity contribution in [2.24, 2.45) is 0 Å². The van der Waals surface area contributed by atoms with Crippen LogP contribution >= 0.6 is 0 Å². The minimum Gasteiger partial charge on any atom is -0.387 e. The van der Waals surface area contributed by atoms with Crippen LogP contribution < -0.4 is 5.32 Å². The molecule has 5 atom stereocenters. The smallest absolute Gasteiger partial charge is 0.220 e. The van der Waals surface area contributed by atoms with Crippen LogP contribution in [0.1, 0.15) is 18.5 Å². The summed E-state index contributed by atoms with van der Waals surface area (Å²) < 4.78 is 57.2. The number of ether oxygens (including phenoxy) is 6. The standard InChI is InChI=1S/C25H45N5O11S/c1-36-24-20(41-25(37-2)23(33)22(24)32)3-4-21(31)26-5-9-38-11-13-40-14-12-39-10-6-30-18-19(27-28-30)17-29-7-15-42(34,35)16-8-29/h18,20,22-25,32-33H,3-17H2,1-2H3,(H,26,31)/t20?,22-,23+,24-,25?/m1/s1. The molecule has 0 bridgehead atoms. The lowest BCUT2D eigenvalue weighted by Crippen LogP contribution is -2.58. The van der Waals surface area contributed by atoms with Gasteiger partial charge in [-0.2, -0.15) is 0 Å². The minimum absolute atomic E-state index is 0.151. The molecule has 0 spiro atoms. The number of aliphatic hydroxyl groups is 2. The fourth-order valence-corrected chi connectivity index (χ4v) is 5.88. The number of aliphatic hydroxyl groups excluding tert-OH is 2. The number of nitrogens with one attached hydrogen (secondary N) is 1. The van der Waals surface area contributed by atoms with Crippen molar-refractivity contribution in [1.29, 1.82) is 0 Å². The Kier molecular flexibility index (Phi) is 15.0. The molecular formula is C25H45N5O11S. The Bertz CT molecular complexity index is 1020. The number of hydrogen-bond acceptors (Lipinski definition) is 14. The highest BCUT2D eigenvalue weighted by Gasteiger charge is 2.44. The zero-order chi connectivity index (χ0) is 30.4. The molecule has 0 aromatic carbocycles. The van der Waals surface area contributed by atoms with Crippen LogP contribution in [0.15, 0.2) is 6.20 Å². The molecule has 42 heavy (non-hydrogen) atoms. The highest BCUT2D eigenvalue weighted by molar-refractivity contribution is 7.91. The van der Waals surface area contributed by atoms with Gasteiger partial charge < -0.3 is 44.0 Å². The summed E-state index contributed by atoms with van der Waals surface area (Å²) in [5.41, 5.74) is 0.800. The van der Waals surface area contributed by atoms with Crippen molar-refractivity contribution in [3.05, 3.63) is 11.9 Å². The molecule has 0 aliphatic carbocycles. The summed E-state index contributed by atoms with van der Waals surface area (Å²) in [5.74, 6) is 0.182. The largest absolute Gasteiger partial charge is 0.387 e. The minimum atomic E-state index is -2.90. The van der Waals surface area contributed by atoms with Gasteiger partial charge in [0.25, 0.3) is 0 Å². The van der Waals surface area contributed by atoms with E-state index in [-0.39, 0.29) is 23.8 Å². The number of nitrogens with zero attached hydrogens (tertiary/aromatic N) is 4. The number of carbonyl (C=O) groups is 1. The molecule has 2 fully saturated rings. The molecule has 2 aliphatic rings. The van der Waals surface area contributed by atoms with Crippen molar-refractivity contribution in [2.45, 2.75) is 56.6 Å². The lowest BCUT2D eigenvalue weighted by atomic mass is 9.95. The van der Waals surface area contributed by atoms with Crippen molar-refractivity contribution in [3.8, 4) is 0 Å². The monoisotopic (exact) mass is 623 g/mol. The maximum atomic E-state index is 12.2. The average molecular weight is 624 g/mol. The van der Waals surface area contributed by atoms with Crippen LogP contribution in [-0.2, 0) is 56.1 Å². The van der Waals surface area contributed by atoms with Gasteiger partial charge in [-0.3, -0.25) is 9.69 Å². The third-order valence-electron chi connectivity index (χ3n) is 6.99. The third-order valence-corrected chi connectivity index (χ3v) is 8.60. The molecule has 16 nitrogen and oxygen atoms in total. The number of amides is 1. The van der Waals surface area contributed by atoms with Gasteiger partial charge in [-0.1, -0.05) is 5.21 Å². The zero-order valence-electron chi connectivity index (χ0n) is 24.3. The molecule has 242 valence electrons. The average Bonchev–Trinajstić information content (AvgIpc) is 3.42. The Hall–Kier alpha value is -1.80. The van der Waals surface area contributed by atoms with Crippen molar-refractivity contribution < 1.29 is 51.8 Å². The van der Waals surface area contributed by atoms with Crippen LogP contribution in [0.2, 0.25) is 0 Å². The van der Waals surface area contributed by atoms with E-state index < -0.39 is 40.5 Å². The summed E-state index contributed by atoms with van der Waals surface area (Å²) in [6.45, 7) is 4.92. The van der Waals surface area contributed by atoms with E-state index in [4.69, 9.17) is 28.4 Å². The number of hydrogen-bond donors (Lipinski definition) is 3. The van der Waals surface area contributed by atoms with Crippen LogP contribution in [0.4, 0.5) is 0 Å². The van der Waals surface area contributed by atoms with Gasteiger partial charge >= 0.3 is 0 Å². The SMILES string of the molecule is COC1OC(CCC(=O)NCCOCCOCCOCCn2cc(CN3CCS(=O)(=O)CC3)nn2)[C@@H](OC)[C@H](O)[C@@H]1O. The predicted molar refractivity (Wildman–Crippen MR) is 147 cm³/mol. The van der Waals surface area contributed by atoms with Gasteiger partial charge in [0.1, 0.15) is 18.3 Å². The zero-order valence-corrected chi connectivity index (χ0v) is 25.2. The van der Waals surface area contributed by atoms with E-state index >= 15 is 0 Å². The normalized spacial score (nSPS) is 26.3. The fraction of sp³-hybridized carbons (Fsp3) is 0.880. The molecule has 1 aromatic rings. The van der Waals surface area contributed by atoms with Gasteiger partial charge in [0, 0.05) is 53.0 Å². The number of carbonyl (C=O) groups excluding carboxylic acids is 1. The summed E-state index contributed by atoms with van der Waals surface area (Å²) >= 11 is 0. The van der Waals surface area contributed by atoms with E-state index in [2.05, 4.69) is 20.5 Å². The maximum Gasteiger partial charge on any atom is 0.220 e. The summed E-state index contributed by atoms with van der Waals surface area (Å²) in [7, 11) is -0.119. The first-order valence-corrected chi connectivity index (χ1v) is 15.9. The third kappa shape index (κ3) is 11.7. The van der Waals surface area contributed by atoms with E-state index in [0.717, 1.165) is 5.69 Å². The molecule has 0 saturated carbocycles. The van der Waals surface area contributed by atoms with Crippen LogP contribution in [0.25, 0.3) is 0 Å². The summed E-state index contributed by atoms with van der Waals surface area (Å²) in [6.07, 6.45) is -2.48. The van der Waals surface area contributed by atoms with Crippen LogP contribution in [-0.4, -0.2) is 160 Å². The Labute approximate surface area is 246 Å². The first-order chi connectivity index (χ1) is 20.2. The first-order valence-electron chi connectivity index (χ1n) is 14.1. The Morgan fingerprint density at radius 3 is 2.36 bits per heavy atom. The van der Waals surface area contributed by atoms with Crippen molar-refractivity contribution in [1.82, 2.24) is 25.2 Å². The van der Waals surface area contributed by atoms with Gasteiger partial charge in [-0.25, -0.2) is 13.1 Å². The van der Waals surface area contributed by atoms with Crippen molar-refractivity contribution in [3.63, 3.8) is 0 Å². The number of aromatic nitrogens is 3. The quantitative estimate of drug-likeness (QED) is 0.138. The van der Waals surface area contributed by atoms with Gasteiger partial charge in [0.05, 0.1) is 69.5 Å². The molecule has 2 saturated heterocycles. The molecule has 1 aromatic heterocycles. The fourth-order valence-electron chi connectivity index (χ4n) is 4.61. The summed E-state index contributed by atoms with van der Waals surface area (Å²) in [4.78, 5) is 14.2. The van der Waals surface area contributed by atoms with Gasteiger partial charge in [-0.05, 0) is 6.42 Å². The molecular weight excluding hydrogens is 578 g/mol. The number of methoxy groups -OCH3 is 2. The molecule has 3 rings (SSSR count). The molecule has 2 unspecified atom stereocenters. The van der Waals surface area contributed by atoms with E-state index in [1.54, 1.807) is 4.68 Å². The van der Waals surface area contributed by atoms with Crippen molar-refractivity contribution >= 4 is 15.7 Å². The van der Waals surface area contributed by atoms with E-state index in [9.17, 15) is 23.4 Å². The van der Waals surface area contributed by atoms with Crippen LogP contribution in [0, 0.1) is 0 Å². The molecule has 3 heterocycles. The number of rotatable bonds is 19. The second-order valence-electron chi connectivity index (χ2n) is 10.1. The van der Waals surface area contributed by atoms with Gasteiger partial charge in [0.2, 0.25) is 5.91 Å². The first kappa shape index (κ1) is 34.7. The van der Waals surface area contributed by atoms with Crippen molar-refractivity contribution in [2.75, 3.05) is 85.0 Å². The molecule has 3 N–H and O–H groups in total. The molecule has 2 aliphatic heterocycles. The van der Waals surface area contributed by atoms with Crippen LogP contribution in [0.5, 0.6) is 0 Å². The topological polar surface area (TPSA) is 193 Å². The molecule has 17 heteroatoms. The number of sulfone groups is 1. The second kappa shape index (κ2) is 18.1. The van der Waals surface area contributed by atoms with E-state index in [1.165, 1.54) is 14.2 Å². The highest BCUT2D eigenvalue weighted by Crippen LogP contribution is 2.26. The summed E-state index contributed by atoms with van der Waals surface area (Å²) in [5, 5.41) is 31.2. The van der Waals surface area contributed by atoms with Gasteiger partial charge in [-0.15, -0.1) is 5.10 Å². The maximum absolute atomic E-state index is 12.2. The van der Waals surface area contributed by atoms with E-state index in [1.807, 2.05) is 6.20 Å². The summed E-state index contributed by atoms with van der Waals surface area (Å²) in [6, 6.07) is 0. The predicted octanol–water partition coefficient (Wildman–Crippen LogP) is -2.44. The molecule has 1 amide bonds. The van der Waals surface area contributed by atoms with Crippen LogP contribution in [0.3, 0.4) is 0 Å². The second-order valence-corrected chi connectivity index (χ2v) is 12.4.